The molecular weight excluding hydrogens is 196 g/mol. The minimum Gasteiger partial charge on any atom is -0.409 e. The van der Waals surface area contributed by atoms with Crippen LogP contribution in [-0.4, -0.2) is 53.1 Å². The van der Waals surface area contributed by atoms with E-state index in [0.29, 0.717) is 6.54 Å². The molecule has 6 heteroatoms. The molecule has 86 valence electrons. The zero-order valence-corrected chi connectivity index (χ0v) is 9.02. The third kappa shape index (κ3) is 3.00. The molecule has 1 saturated heterocycles. The van der Waals surface area contributed by atoms with E-state index in [2.05, 4.69) is 5.16 Å². The molecule has 0 unspecified atom stereocenters. The second kappa shape index (κ2) is 5.43. The minimum atomic E-state index is -0.0263. The first-order valence-electron chi connectivity index (χ1n) is 5.19. The van der Waals surface area contributed by atoms with Crippen molar-refractivity contribution in [2.75, 3.05) is 26.2 Å². The third-order valence-corrected chi connectivity index (χ3v) is 2.51. The molecule has 1 fully saturated rings. The lowest BCUT2D eigenvalue weighted by atomic mass is 10.4. The summed E-state index contributed by atoms with van der Waals surface area (Å²) in [6.07, 6.45) is 2.12. The number of nitrogens with two attached hydrogens (primary N) is 1. The van der Waals surface area contributed by atoms with Crippen LogP contribution in [0, 0.1) is 0 Å². The minimum absolute atomic E-state index is 0.0263. The van der Waals surface area contributed by atoms with Crippen LogP contribution in [-0.2, 0) is 0 Å². The van der Waals surface area contributed by atoms with Gasteiger partial charge in [-0.1, -0.05) is 5.16 Å². The molecule has 0 atom stereocenters. The van der Waals surface area contributed by atoms with Crippen LogP contribution >= 0.6 is 0 Å². The Labute approximate surface area is 89.3 Å². The largest absolute Gasteiger partial charge is 0.409 e. The predicted octanol–water partition coefficient (Wildman–Crippen LogP) is 0.270. The van der Waals surface area contributed by atoms with Crippen molar-refractivity contribution in [1.82, 2.24) is 9.80 Å². The van der Waals surface area contributed by atoms with Gasteiger partial charge in [0, 0.05) is 19.6 Å². The maximum atomic E-state index is 11.9. The summed E-state index contributed by atoms with van der Waals surface area (Å²) in [7, 11) is 0. The highest BCUT2D eigenvalue weighted by molar-refractivity contribution is 5.86. The third-order valence-electron chi connectivity index (χ3n) is 2.51. The fourth-order valence-corrected chi connectivity index (χ4v) is 1.65. The van der Waals surface area contributed by atoms with E-state index in [9.17, 15) is 4.79 Å². The molecule has 1 heterocycles. The van der Waals surface area contributed by atoms with E-state index >= 15 is 0 Å². The van der Waals surface area contributed by atoms with Crippen LogP contribution in [0.15, 0.2) is 5.16 Å². The Bertz CT molecular complexity index is 248. The lowest BCUT2D eigenvalue weighted by Gasteiger charge is -2.26. The Morgan fingerprint density at radius 1 is 1.53 bits per heavy atom. The molecule has 1 aliphatic rings. The molecule has 3 N–H and O–H groups in total. The van der Waals surface area contributed by atoms with Gasteiger partial charge in [-0.15, -0.1) is 0 Å². The predicted molar refractivity (Wildman–Crippen MR) is 56.9 cm³/mol. The first-order valence-corrected chi connectivity index (χ1v) is 5.19. The molecule has 0 bridgehead atoms. The number of oxime groups is 1. The summed E-state index contributed by atoms with van der Waals surface area (Å²) in [5, 5.41) is 11.3. The van der Waals surface area contributed by atoms with E-state index < -0.39 is 0 Å². The van der Waals surface area contributed by atoms with Crippen LogP contribution in [0.1, 0.15) is 19.8 Å². The highest BCUT2D eigenvalue weighted by Gasteiger charge is 2.23. The van der Waals surface area contributed by atoms with Crippen LogP contribution in [0.2, 0.25) is 0 Å². The summed E-state index contributed by atoms with van der Waals surface area (Å²) >= 11 is 0. The summed E-state index contributed by atoms with van der Waals surface area (Å²) < 4.78 is 0. The molecule has 2 amide bonds. The highest BCUT2D eigenvalue weighted by Crippen LogP contribution is 2.10. The molecule has 6 nitrogen and oxygen atoms in total. The number of hydrogen-bond acceptors (Lipinski definition) is 3. The number of likely N-dealkylation sites (tertiary alicyclic amines) is 1. The first-order chi connectivity index (χ1) is 7.19. The second-order valence-corrected chi connectivity index (χ2v) is 3.58. The number of hydrogen-bond donors (Lipinski definition) is 2. The Hall–Kier alpha value is -1.46. The fourth-order valence-electron chi connectivity index (χ4n) is 1.65. The van der Waals surface area contributed by atoms with Gasteiger partial charge < -0.3 is 20.7 Å². The Balaban J connectivity index is 2.53. The maximum Gasteiger partial charge on any atom is 0.320 e. The van der Waals surface area contributed by atoms with E-state index in [1.165, 1.54) is 0 Å². The van der Waals surface area contributed by atoms with Crippen molar-refractivity contribution in [3.63, 3.8) is 0 Å². The van der Waals surface area contributed by atoms with Crippen molar-refractivity contribution >= 4 is 11.9 Å². The number of amides is 2. The number of urea groups is 1. The van der Waals surface area contributed by atoms with Gasteiger partial charge >= 0.3 is 6.03 Å². The van der Waals surface area contributed by atoms with Crippen LogP contribution < -0.4 is 5.73 Å². The number of carbonyl (C=O) groups is 1. The number of likely N-dealkylation sites (N-methyl/N-ethyl adjacent to an activating group) is 1. The molecule has 0 aromatic heterocycles. The number of amidine groups is 1. The summed E-state index contributed by atoms with van der Waals surface area (Å²) in [6, 6.07) is -0.0263. The van der Waals surface area contributed by atoms with E-state index in [4.69, 9.17) is 10.9 Å². The quantitative estimate of drug-likeness (QED) is 0.306. The molecule has 1 rings (SSSR count). The van der Waals surface area contributed by atoms with Gasteiger partial charge in [0.05, 0.1) is 6.54 Å². The van der Waals surface area contributed by atoms with Gasteiger partial charge in [-0.2, -0.15) is 0 Å². The lowest BCUT2D eigenvalue weighted by molar-refractivity contribution is 0.171. The smallest absolute Gasteiger partial charge is 0.320 e. The highest BCUT2D eigenvalue weighted by atomic mass is 16.4. The Morgan fingerprint density at radius 2 is 2.13 bits per heavy atom. The number of carbonyl (C=O) groups excluding carboxylic acids is 1. The second-order valence-electron chi connectivity index (χ2n) is 3.58. The zero-order valence-electron chi connectivity index (χ0n) is 9.02. The maximum absolute atomic E-state index is 11.9. The molecule has 0 aromatic rings. The van der Waals surface area contributed by atoms with Crippen molar-refractivity contribution in [3.8, 4) is 0 Å². The van der Waals surface area contributed by atoms with Crippen LogP contribution in [0.4, 0.5) is 4.79 Å². The Morgan fingerprint density at radius 3 is 2.60 bits per heavy atom. The lowest BCUT2D eigenvalue weighted by Crippen LogP contribution is -2.45. The summed E-state index contributed by atoms with van der Waals surface area (Å²) in [5.41, 5.74) is 5.37. The molecule has 1 aliphatic heterocycles. The summed E-state index contributed by atoms with van der Waals surface area (Å²) in [4.78, 5) is 15.3. The SMILES string of the molecule is CCN(CC(N)=NO)C(=O)N1CCCC1. The molecule has 0 aliphatic carbocycles. The van der Waals surface area contributed by atoms with Gasteiger partial charge in [-0.25, -0.2) is 4.79 Å². The van der Waals surface area contributed by atoms with Gasteiger partial charge in [0.2, 0.25) is 0 Å². The van der Waals surface area contributed by atoms with Crippen LogP contribution in [0.25, 0.3) is 0 Å². The average Bonchev–Trinajstić information content (AvgIpc) is 2.77. The van der Waals surface area contributed by atoms with E-state index in [-0.39, 0.29) is 18.4 Å². The Kier molecular flexibility index (Phi) is 4.20. The van der Waals surface area contributed by atoms with Gasteiger partial charge in [0.25, 0.3) is 0 Å². The normalized spacial score (nSPS) is 16.9. The molecule has 0 saturated carbocycles. The van der Waals surface area contributed by atoms with Gasteiger partial charge in [-0.3, -0.25) is 0 Å². The van der Waals surface area contributed by atoms with E-state index in [0.717, 1.165) is 25.9 Å². The molecular formula is C9H18N4O2. The molecule has 0 radical (unpaired) electrons. The first kappa shape index (κ1) is 11.6. The van der Waals surface area contributed by atoms with Crippen LogP contribution in [0.3, 0.4) is 0 Å². The summed E-state index contributed by atoms with van der Waals surface area (Å²) in [5.74, 6) is 0.0596. The van der Waals surface area contributed by atoms with E-state index in [1.807, 2.05) is 6.92 Å². The number of nitrogens with zero attached hydrogens (tertiary/aromatic N) is 3. The molecule has 0 spiro atoms. The van der Waals surface area contributed by atoms with Crippen molar-refractivity contribution < 1.29 is 10.0 Å². The molecule has 15 heavy (non-hydrogen) atoms. The van der Waals surface area contributed by atoms with Crippen molar-refractivity contribution in [1.29, 1.82) is 0 Å². The van der Waals surface area contributed by atoms with E-state index in [1.54, 1.807) is 9.80 Å². The monoisotopic (exact) mass is 214 g/mol. The average molecular weight is 214 g/mol. The number of rotatable bonds is 3. The molecule has 0 aromatic carbocycles. The topological polar surface area (TPSA) is 82.2 Å². The van der Waals surface area contributed by atoms with Crippen molar-refractivity contribution in [2.24, 2.45) is 10.9 Å². The van der Waals surface area contributed by atoms with Gasteiger partial charge in [0.15, 0.2) is 5.84 Å². The fraction of sp³-hybridized carbons (Fsp3) is 0.778. The van der Waals surface area contributed by atoms with Crippen molar-refractivity contribution in [2.45, 2.75) is 19.8 Å². The zero-order chi connectivity index (χ0) is 11.3. The summed E-state index contributed by atoms with van der Waals surface area (Å²) in [6.45, 7) is 4.24. The van der Waals surface area contributed by atoms with Crippen molar-refractivity contribution in [3.05, 3.63) is 0 Å². The van der Waals surface area contributed by atoms with Crippen LogP contribution in [0.5, 0.6) is 0 Å². The van der Waals surface area contributed by atoms with Gasteiger partial charge in [0.1, 0.15) is 0 Å². The standard InChI is InChI=1S/C9H18N4O2/c1-2-12(7-8(10)11-15)9(14)13-5-3-4-6-13/h15H,2-7H2,1H3,(H2,10,11). The van der Waals surface area contributed by atoms with Gasteiger partial charge in [-0.05, 0) is 19.8 Å².